The second kappa shape index (κ2) is 6.51. The highest BCUT2D eigenvalue weighted by Gasteiger charge is 1.92. The van der Waals surface area contributed by atoms with Crippen molar-refractivity contribution in [2.75, 3.05) is 19.6 Å². The molecule has 0 rings (SSSR count). The Labute approximate surface area is 60.4 Å². The van der Waals surface area contributed by atoms with Crippen molar-refractivity contribution in [1.29, 1.82) is 0 Å². The van der Waals surface area contributed by atoms with Crippen LogP contribution in [-0.2, 0) is 4.79 Å². The predicted molar refractivity (Wildman–Crippen MR) is 37.7 cm³/mol. The SMILES string of the molecule is [NH]CCCCNCC(=O)O. The molecule has 0 amide bonds. The smallest absolute Gasteiger partial charge is 0.317 e. The van der Waals surface area contributed by atoms with Gasteiger partial charge in [0.2, 0.25) is 0 Å². The van der Waals surface area contributed by atoms with Gasteiger partial charge in [-0.15, -0.1) is 0 Å². The molecule has 0 aliphatic rings. The average molecular weight is 145 g/mol. The molecule has 0 aromatic carbocycles. The first-order valence-corrected chi connectivity index (χ1v) is 3.34. The van der Waals surface area contributed by atoms with E-state index in [-0.39, 0.29) is 6.54 Å². The Hall–Kier alpha value is -0.610. The summed E-state index contributed by atoms with van der Waals surface area (Å²) in [5, 5.41) is 10.9. The fraction of sp³-hybridized carbons (Fsp3) is 0.833. The minimum absolute atomic E-state index is 0.0258. The van der Waals surface area contributed by atoms with Crippen molar-refractivity contribution < 1.29 is 9.90 Å². The molecule has 0 bridgehead atoms. The topological polar surface area (TPSA) is 73.1 Å². The van der Waals surface area contributed by atoms with Crippen molar-refractivity contribution in [3.8, 4) is 0 Å². The van der Waals surface area contributed by atoms with Crippen LogP contribution >= 0.6 is 0 Å². The monoisotopic (exact) mass is 145 g/mol. The highest BCUT2D eigenvalue weighted by molar-refractivity contribution is 5.68. The normalized spacial score (nSPS) is 9.70. The predicted octanol–water partition coefficient (Wildman–Crippen LogP) is -0.276. The Morgan fingerprint density at radius 2 is 2.20 bits per heavy atom. The number of hydrogen-bond donors (Lipinski definition) is 2. The lowest BCUT2D eigenvalue weighted by Crippen LogP contribution is -2.23. The first-order chi connectivity index (χ1) is 4.77. The van der Waals surface area contributed by atoms with Crippen LogP contribution in [0.1, 0.15) is 12.8 Å². The van der Waals surface area contributed by atoms with E-state index in [1.54, 1.807) is 0 Å². The maximum absolute atomic E-state index is 9.93. The summed E-state index contributed by atoms with van der Waals surface area (Å²) >= 11 is 0. The fourth-order valence-electron chi connectivity index (χ4n) is 0.570. The van der Waals surface area contributed by atoms with Crippen LogP contribution in [0.25, 0.3) is 0 Å². The largest absolute Gasteiger partial charge is 0.480 e. The fourth-order valence-corrected chi connectivity index (χ4v) is 0.570. The van der Waals surface area contributed by atoms with E-state index < -0.39 is 5.97 Å². The molecule has 0 spiro atoms. The molecule has 0 aliphatic carbocycles. The van der Waals surface area contributed by atoms with E-state index in [0.29, 0.717) is 13.1 Å². The van der Waals surface area contributed by atoms with Crippen LogP contribution in [0.2, 0.25) is 0 Å². The minimum Gasteiger partial charge on any atom is -0.480 e. The van der Waals surface area contributed by atoms with Gasteiger partial charge in [0.1, 0.15) is 0 Å². The number of hydrogen-bond acceptors (Lipinski definition) is 2. The molecule has 0 aromatic heterocycles. The number of carboxylic acid groups (broad SMARTS) is 1. The molecule has 0 saturated heterocycles. The molecule has 3 N–H and O–H groups in total. The zero-order chi connectivity index (χ0) is 7.82. The number of aliphatic carboxylic acids is 1. The molecular weight excluding hydrogens is 132 g/mol. The third-order valence-electron chi connectivity index (χ3n) is 1.06. The van der Waals surface area contributed by atoms with Crippen LogP contribution in [0.4, 0.5) is 0 Å². The number of carbonyl (C=O) groups is 1. The molecule has 0 saturated carbocycles. The average Bonchev–Trinajstić information content (AvgIpc) is 1.87. The van der Waals surface area contributed by atoms with Crippen LogP contribution in [0.3, 0.4) is 0 Å². The molecule has 0 aliphatic heterocycles. The standard InChI is InChI=1S/C6H13N2O2/c7-3-1-2-4-8-5-6(9)10/h7-8H,1-5H2,(H,9,10). The van der Waals surface area contributed by atoms with Gasteiger partial charge in [-0.3, -0.25) is 10.5 Å². The van der Waals surface area contributed by atoms with Crippen molar-refractivity contribution in [3.63, 3.8) is 0 Å². The second-order valence-electron chi connectivity index (χ2n) is 2.03. The van der Waals surface area contributed by atoms with E-state index >= 15 is 0 Å². The van der Waals surface area contributed by atoms with E-state index in [1.807, 2.05) is 0 Å². The van der Waals surface area contributed by atoms with Gasteiger partial charge < -0.3 is 10.4 Å². The summed E-state index contributed by atoms with van der Waals surface area (Å²) in [6.07, 6.45) is 1.73. The summed E-state index contributed by atoms with van der Waals surface area (Å²) in [6.45, 7) is 1.15. The quantitative estimate of drug-likeness (QED) is 0.505. The van der Waals surface area contributed by atoms with Crippen molar-refractivity contribution in [1.82, 2.24) is 11.1 Å². The summed E-state index contributed by atoms with van der Waals surface area (Å²) in [7, 11) is 0. The summed E-state index contributed by atoms with van der Waals surface area (Å²) in [6, 6.07) is 0. The first kappa shape index (κ1) is 9.39. The molecule has 0 fully saturated rings. The summed E-state index contributed by atoms with van der Waals surface area (Å²) in [5.74, 6) is -0.828. The lowest BCUT2D eigenvalue weighted by atomic mass is 10.3. The van der Waals surface area contributed by atoms with Crippen molar-refractivity contribution in [2.24, 2.45) is 0 Å². The zero-order valence-electron chi connectivity index (χ0n) is 5.89. The maximum Gasteiger partial charge on any atom is 0.317 e. The van der Waals surface area contributed by atoms with Gasteiger partial charge in [-0.25, -0.2) is 0 Å². The Morgan fingerprint density at radius 1 is 1.50 bits per heavy atom. The molecule has 0 unspecified atom stereocenters. The highest BCUT2D eigenvalue weighted by atomic mass is 16.4. The van der Waals surface area contributed by atoms with Crippen molar-refractivity contribution in [3.05, 3.63) is 0 Å². The Morgan fingerprint density at radius 3 is 2.70 bits per heavy atom. The van der Waals surface area contributed by atoms with Gasteiger partial charge in [0.05, 0.1) is 6.54 Å². The molecule has 1 radical (unpaired) electrons. The first-order valence-electron chi connectivity index (χ1n) is 3.34. The number of nitrogens with one attached hydrogen (secondary N) is 2. The second-order valence-corrected chi connectivity index (χ2v) is 2.03. The van der Waals surface area contributed by atoms with Crippen LogP contribution in [0.15, 0.2) is 0 Å². The van der Waals surface area contributed by atoms with E-state index in [4.69, 9.17) is 10.8 Å². The minimum atomic E-state index is -0.828. The highest BCUT2D eigenvalue weighted by Crippen LogP contribution is 1.81. The van der Waals surface area contributed by atoms with Crippen LogP contribution in [0, 0.1) is 0 Å². The van der Waals surface area contributed by atoms with Gasteiger partial charge in [-0.1, -0.05) is 0 Å². The Kier molecular flexibility index (Phi) is 6.11. The van der Waals surface area contributed by atoms with Gasteiger partial charge >= 0.3 is 5.97 Å². The van der Waals surface area contributed by atoms with Crippen LogP contribution in [-0.4, -0.2) is 30.7 Å². The van der Waals surface area contributed by atoms with Gasteiger partial charge in [0.25, 0.3) is 0 Å². The third-order valence-corrected chi connectivity index (χ3v) is 1.06. The molecule has 10 heavy (non-hydrogen) atoms. The number of rotatable bonds is 6. The van der Waals surface area contributed by atoms with E-state index in [1.165, 1.54) is 0 Å². The van der Waals surface area contributed by atoms with Gasteiger partial charge in [-0.2, -0.15) is 0 Å². The molecular formula is C6H13N2O2. The Balaban J connectivity index is 2.84. The van der Waals surface area contributed by atoms with Crippen LogP contribution in [0.5, 0.6) is 0 Å². The molecule has 0 aromatic rings. The van der Waals surface area contributed by atoms with E-state index in [0.717, 1.165) is 12.8 Å². The molecule has 0 heterocycles. The molecule has 59 valence electrons. The van der Waals surface area contributed by atoms with Gasteiger partial charge in [0, 0.05) is 6.54 Å². The Bertz CT molecular complexity index is 95.7. The molecule has 0 atom stereocenters. The number of unbranched alkanes of at least 4 members (excludes halogenated alkanes) is 1. The lowest BCUT2D eigenvalue weighted by Gasteiger charge is -1.98. The zero-order valence-corrected chi connectivity index (χ0v) is 5.89. The van der Waals surface area contributed by atoms with E-state index in [2.05, 4.69) is 5.32 Å². The van der Waals surface area contributed by atoms with Crippen molar-refractivity contribution in [2.45, 2.75) is 12.8 Å². The third kappa shape index (κ3) is 7.39. The lowest BCUT2D eigenvalue weighted by molar-refractivity contribution is -0.135. The van der Waals surface area contributed by atoms with Gasteiger partial charge in [-0.05, 0) is 19.4 Å². The number of carboxylic acids is 1. The summed E-state index contributed by atoms with van der Waals surface area (Å²) in [4.78, 5) is 9.93. The molecule has 4 heteroatoms. The maximum atomic E-state index is 9.93. The van der Waals surface area contributed by atoms with Crippen molar-refractivity contribution >= 4 is 5.97 Å². The molecule has 4 nitrogen and oxygen atoms in total. The van der Waals surface area contributed by atoms with Crippen LogP contribution < -0.4 is 11.1 Å². The summed E-state index contributed by atoms with van der Waals surface area (Å²) in [5.41, 5.74) is 6.78. The summed E-state index contributed by atoms with van der Waals surface area (Å²) < 4.78 is 0. The van der Waals surface area contributed by atoms with E-state index in [9.17, 15) is 4.79 Å². The van der Waals surface area contributed by atoms with Gasteiger partial charge in [0.15, 0.2) is 0 Å².